The van der Waals surface area contributed by atoms with Crippen molar-refractivity contribution in [2.75, 3.05) is 0 Å². The molecule has 25 heavy (non-hydrogen) atoms. The highest BCUT2D eigenvalue weighted by atomic mass is 32.2. The van der Waals surface area contributed by atoms with Gasteiger partial charge in [0.15, 0.2) is 0 Å². The second-order valence-corrected chi connectivity index (χ2v) is 7.14. The number of nitrogens with zero attached hydrogens (tertiary/aromatic N) is 3. The molecule has 0 aliphatic heterocycles. The molecule has 9 heteroatoms. The number of pyridine rings is 1. The van der Waals surface area contributed by atoms with Gasteiger partial charge in [-0.1, -0.05) is 12.1 Å². The summed E-state index contributed by atoms with van der Waals surface area (Å²) in [5.41, 5.74) is 0.935. The average Bonchev–Trinajstić information content (AvgIpc) is 3.05. The van der Waals surface area contributed by atoms with E-state index in [1.54, 1.807) is 24.3 Å². The third-order valence-corrected chi connectivity index (χ3v) is 5.43. The summed E-state index contributed by atoms with van der Waals surface area (Å²) in [6.45, 7) is 0. The van der Waals surface area contributed by atoms with Crippen molar-refractivity contribution in [3.8, 4) is 0 Å². The molecule has 124 valence electrons. The highest BCUT2D eigenvalue weighted by molar-refractivity contribution is 7.91. The Morgan fingerprint density at radius 2 is 1.84 bits per heavy atom. The van der Waals surface area contributed by atoms with Crippen LogP contribution in [0, 0.1) is 10.1 Å². The number of benzene rings is 2. The van der Waals surface area contributed by atoms with Crippen molar-refractivity contribution in [2.45, 2.75) is 10.1 Å². The summed E-state index contributed by atoms with van der Waals surface area (Å²) in [5.74, 6) is 0. The zero-order chi connectivity index (χ0) is 17.6. The number of aromatic amines is 1. The minimum absolute atomic E-state index is 0.0390. The number of hydrogen-bond donors (Lipinski definition) is 1. The maximum Gasteiger partial charge on any atom is 0.278 e. The van der Waals surface area contributed by atoms with E-state index in [2.05, 4.69) is 15.0 Å². The molecule has 4 rings (SSSR count). The molecule has 0 bridgehead atoms. The lowest BCUT2D eigenvalue weighted by Crippen LogP contribution is -2.06. The van der Waals surface area contributed by atoms with E-state index in [0.29, 0.717) is 11.0 Å². The standard InChI is InChI=1S/C16H10N4O4S/c21-20(22)13-7-8-14(15-10(13)4-3-9-17-15)25(23,24)16-18-11-5-1-2-6-12(11)19-16/h1-9H,(H,18,19). The summed E-state index contributed by atoms with van der Waals surface area (Å²) in [4.78, 5) is 21.4. The van der Waals surface area contributed by atoms with Gasteiger partial charge in [-0.25, -0.2) is 13.4 Å². The lowest BCUT2D eigenvalue weighted by Gasteiger charge is -2.05. The molecule has 0 saturated carbocycles. The first-order valence-corrected chi connectivity index (χ1v) is 8.69. The Labute approximate surface area is 141 Å². The Bertz CT molecular complexity index is 1210. The van der Waals surface area contributed by atoms with Crippen LogP contribution in [0.4, 0.5) is 5.69 Å². The van der Waals surface area contributed by atoms with E-state index in [0.717, 1.165) is 0 Å². The van der Waals surface area contributed by atoms with Gasteiger partial charge in [0, 0.05) is 12.3 Å². The van der Waals surface area contributed by atoms with Gasteiger partial charge >= 0.3 is 0 Å². The second kappa shape index (κ2) is 5.35. The maximum absolute atomic E-state index is 13.0. The van der Waals surface area contributed by atoms with Crippen molar-refractivity contribution in [1.29, 1.82) is 0 Å². The third kappa shape index (κ3) is 2.32. The predicted octanol–water partition coefficient (Wildman–Crippen LogP) is 2.85. The van der Waals surface area contributed by atoms with Crippen LogP contribution in [-0.4, -0.2) is 28.3 Å². The fourth-order valence-electron chi connectivity index (χ4n) is 2.67. The van der Waals surface area contributed by atoms with Crippen LogP contribution in [0.15, 0.2) is 64.8 Å². The molecule has 2 aromatic carbocycles. The molecule has 0 saturated heterocycles. The van der Waals surface area contributed by atoms with Gasteiger partial charge in [0.05, 0.1) is 26.9 Å². The molecule has 4 aromatic rings. The van der Waals surface area contributed by atoms with E-state index in [1.165, 1.54) is 30.5 Å². The fraction of sp³-hybridized carbons (Fsp3) is 0. The van der Waals surface area contributed by atoms with Crippen LogP contribution in [0.1, 0.15) is 0 Å². The van der Waals surface area contributed by atoms with Crippen LogP contribution in [0.3, 0.4) is 0 Å². The number of nitro benzene ring substituents is 1. The number of imidazole rings is 1. The second-order valence-electron chi connectivity index (χ2n) is 5.30. The summed E-state index contributed by atoms with van der Waals surface area (Å²) in [6, 6.07) is 12.3. The topological polar surface area (TPSA) is 119 Å². The Balaban J connectivity index is 2.00. The number of para-hydroxylation sites is 2. The van der Waals surface area contributed by atoms with Crippen LogP contribution in [0.5, 0.6) is 0 Å². The molecular weight excluding hydrogens is 344 g/mol. The van der Waals surface area contributed by atoms with Gasteiger partial charge in [-0.2, -0.15) is 0 Å². The van der Waals surface area contributed by atoms with Crippen molar-refractivity contribution in [3.05, 3.63) is 64.8 Å². The van der Waals surface area contributed by atoms with Gasteiger partial charge in [0.1, 0.15) is 4.90 Å². The number of sulfone groups is 1. The molecule has 0 aliphatic rings. The molecule has 0 spiro atoms. The summed E-state index contributed by atoms with van der Waals surface area (Å²) >= 11 is 0. The molecule has 8 nitrogen and oxygen atoms in total. The highest BCUT2D eigenvalue weighted by Gasteiger charge is 2.27. The van der Waals surface area contributed by atoms with Gasteiger partial charge in [0.25, 0.3) is 5.69 Å². The van der Waals surface area contributed by atoms with Crippen molar-refractivity contribution in [3.63, 3.8) is 0 Å². The highest BCUT2D eigenvalue weighted by Crippen LogP contribution is 2.32. The molecule has 0 unspecified atom stereocenters. The van der Waals surface area contributed by atoms with Crippen molar-refractivity contribution in [1.82, 2.24) is 15.0 Å². The normalized spacial score (nSPS) is 11.8. The Hall–Kier alpha value is -3.33. The number of rotatable bonds is 3. The van der Waals surface area contributed by atoms with E-state index in [1.807, 2.05) is 0 Å². The van der Waals surface area contributed by atoms with E-state index in [9.17, 15) is 18.5 Å². The number of nitro groups is 1. The van der Waals surface area contributed by atoms with Crippen LogP contribution >= 0.6 is 0 Å². The third-order valence-electron chi connectivity index (χ3n) is 3.82. The summed E-state index contributed by atoms with van der Waals surface area (Å²) < 4.78 is 26.0. The first-order valence-electron chi connectivity index (χ1n) is 7.20. The SMILES string of the molecule is O=[N+]([O-])c1ccc(S(=O)(=O)c2nc3ccccc3[nH]2)c2ncccc12. The molecule has 0 radical (unpaired) electrons. The fourth-order valence-corrected chi connectivity index (χ4v) is 4.00. The number of aromatic nitrogens is 3. The summed E-state index contributed by atoms with van der Waals surface area (Å²) in [7, 11) is -4.02. The number of fused-ring (bicyclic) bond motifs is 2. The number of nitrogens with one attached hydrogen (secondary N) is 1. The van der Waals surface area contributed by atoms with Gasteiger partial charge in [-0.05, 0) is 30.3 Å². The van der Waals surface area contributed by atoms with Gasteiger partial charge in [-0.15, -0.1) is 0 Å². The number of hydrogen-bond acceptors (Lipinski definition) is 6. The zero-order valence-electron chi connectivity index (χ0n) is 12.6. The predicted molar refractivity (Wildman–Crippen MR) is 89.9 cm³/mol. The van der Waals surface area contributed by atoms with Crippen LogP contribution < -0.4 is 0 Å². The molecule has 1 N–H and O–H groups in total. The summed E-state index contributed by atoms with van der Waals surface area (Å²) in [6.07, 6.45) is 1.39. The Morgan fingerprint density at radius 1 is 1.04 bits per heavy atom. The largest absolute Gasteiger partial charge is 0.328 e. The quantitative estimate of drug-likeness (QED) is 0.446. The molecule has 2 aromatic heterocycles. The summed E-state index contributed by atoms with van der Waals surface area (Å²) in [5, 5.41) is 11.1. The molecule has 0 amide bonds. The van der Waals surface area contributed by atoms with E-state index >= 15 is 0 Å². The van der Waals surface area contributed by atoms with Crippen LogP contribution in [0.2, 0.25) is 0 Å². The first-order chi connectivity index (χ1) is 12.0. The van der Waals surface area contributed by atoms with Crippen molar-refractivity contribution < 1.29 is 13.3 Å². The maximum atomic E-state index is 13.0. The van der Waals surface area contributed by atoms with E-state index < -0.39 is 14.8 Å². The van der Waals surface area contributed by atoms with Crippen molar-refractivity contribution >= 4 is 37.5 Å². The van der Waals surface area contributed by atoms with E-state index in [-0.39, 0.29) is 26.6 Å². The van der Waals surface area contributed by atoms with Crippen LogP contribution in [0.25, 0.3) is 21.9 Å². The molecule has 2 heterocycles. The Morgan fingerprint density at radius 3 is 2.60 bits per heavy atom. The zero-order valence-corrected chi connectivity index (χ0v) is 13.4. The Kier molecular flexibility index (Phi) is 3.25. The molecule has 0 atom stereocenters. The monoisotopic (exact) mass is 354 g/mol. The van der Waals surface area contributed by atoms with E-state index in [4.69, 9.17) is 0 Å². The smallest absolute Gasteiger partial charge is 0.278 e. The first kappa shape index (κ1) is 15.2. The number of non-ortho nitro benzene ring substituents is 1. The molecule has 0 aliphatic carbocycles. The van der Waals surface area contributed by atoms with Crippen LogP contribution in [-0.2, 0) is 9.84 Å². The number of H-pyrrole nitrogens is 1. The minimum atomic E-state index is -4.02. The molecule has 0 fully saturated rings. The minimum Gasteiger partial charge on any atom is -0.328 e. The average molecular weight is 354 g/mol. The van der Waals surface area contributed by atoms with Gasteiger partial charge in [-0.3, -0.25) is 15.1 Å². The van der Waals surface area contributed by atoms with Gasteiger partial charge < -0.3 is 4.98 Å². The van der Waals surface area contributed by atoms with Gasteiger partial charge in [0.2, 0.25) is 15.0 Å². The lowest BCUT2D eigenvalue weighted by atomic mass is 10.2. The van der Waals surface area contributed by atoms with Crippen molar-refractivity contribution in [2.24, 2.45) is 0 Å². The lowest BCUT2D eigenvalue weighted by molar-refractivity contribution is -0.383. The molecular formula is C16H10N4O4S.